The van der Waals surface area contributed by atoms with E-state index >= 15 is 0 Å². The van der Waals surface area contributed by atoms with Crippen LogP contribution >= 0.6 is 0 Å². The number of methoxy groups -OCH3 is 1. The highest BCUT2D eigenvalue weighted by Gasteiger charge is 2.29. The van der Waals surface area contributed by atoms with Crippen molar-refractivity contribution in [3.63, 3.8) is 0 Å². The zero-order valence-corrected chi connectivity index (χ0v) is 12.8. The van der Waals surface area contributed by atoms with Crippen molar-refractivity contribution in [1.82, 2.24) is 9.97 Å². The first-order valence-electron chi connectivity index (χ1n) is 6.58. The number of nitrogens with zero attached hydrogens (tertiary/aromatic N) is 2. The molecule has 0 bridgehead atoms. The second kappa shape index (κ2) is 6.82. The third-order valence-corrected chi connectivity index (χ3v) is 2.70. The second-order valence-corrected chi connectivity index (χ2v) is 5.49. The molecule has 1 N–H and O–H groups in total. The smallest absolute Gasteiger partial charge is 0.160 e. The van der Waals surface area contributed by atoms with Gasteiger partial charge < -0.3 is 14.8 Å². The van der Waals surface area contributed by atoms with Crippen LogP contribution in [0.4, 0.5) is 5.82 Å². The number of hydrogen-bond donors (Lipinski definition) is 1. The highest BCUT2D eigenvalue weighted by atomic mass is 16.5. The Morgan fingerprint density at radius 3 is 2.47 bits per heavy atom. The van der Waals surface area contributed by atoms with E-state index in [0.29, 0.717) is 19.0 Å². The van der Waals surface area contributed by atoms with E-state index in [-0.39, 0.29) is 11.5 Å². The maximum absolute atomic E-state index is 5.83. The Hall–Kier alpha value is -1.20. The fourth-order valence-corrected chi connectivity index (χ4v) is 1.86. The van der Waals surface area contributed by atoms with Crippen LogP contribution < -0.4 is 5.32 Å². The molecule has 1 rings (SSSR count). The van der Waals surface area contributed by atoms with Gasteiger partial charge in [0.1, 0.15) is 11.9 Å². The van der Waals surface area contributed by atoms with Gasteiger partial charge in [-0.3, -0.25) is 0 Å². The highest BCUT2D eigenvalue weighted by Crippen LogP contribution is 2.34. The number of rotatable bonds is 6. The fraction of sp³-hybridized carbons (Fsp3) is 0.714. The molecule has 0 radical (unpaired) electrons. The standard InChI is InChI=1S/C14H25N3O2/c1-7-19-12(14(2,3)4)13-16-10(9-18-6)8-11(15-5)17-13/h8,12H,7,9H2,1-6H3,(H,15,16,17). The Morgan fingerprint density at radius 1 is 1.32 bits per heavy atom. The summed E-state index contributed by atoms with van der Waals surface area (Å²) in [6.07, 6.45) is -0.138. The Bertz CT molecular complexity index is 402. The number of ether oxygens (including phenoxy) is 2. The van der Waals surface area contributed by atoms with Gasteiger partial charge in [-0.25, -0.2) is 9.97 Å². The average molecular weight is 267 g/mol. The van der Waals surface area contributed by atoms with E-state index in [0.717, 1.165) is 11.5 Å². The van der Waals surface area contributed by atoms with Gasteiger partial charge in [0.2, 0.25) is 0 Å². The minimum atomic E-state index is -0.138. The van der Waals surface area contributed by atoms with E-state index in [2.05, 4.69) is 36.1 Å². The van der Waals surface area contributed by atoms with E-state index < -0.39 is 0 Å². The van der Waals surface area contributed by atoms with Gasteiger partial charge in [-0.1, -0.05) is 20.8 Å². The Balaban J connectivity index is 3.17. The first-order chi connectivity index (χ1) is 8.92. The van der Waals surface area contributed by atoms with Crippen LogP contribution in [0.3, 0.4) is 0 Å². The van der Waals surface area contributed by atoms with Crippen molar-refractivity contribution in [3.05, 3.63) is 17.6 Å². The topological polar surface area (TPSA) is 56.3 Å². The highest BCUT2D eigenvalue weighted by molar-refractivity contribution is 5.35. The summed E-state index contributed by atoms with van der Waals surface area (Å²) in [7, 11) is 3.50. The minimum Gasteiger partial charge on any atom is -0.378 e. The molecule has 108 valence electrons. The molecule has 0 aliphatic heterocycles. The molecule has 1 aromatic heterocycles. The molecule has 1 atom stereocenters. The summed E-state index contributed by atoms with van der Waals surface area (Å²) in [5.41, 5.74) is 0.790. The summed E-state index contributed by atoms with van der Waals surface area (Å²) < 4.78 is 11.0. The molecule has 0 spiro atoms. The molecule has 1 aromatic rings. The lowest BCUT2D eigenvalue weighted by Crippen LogP contribution is -2.24. The Morgan fingerprint density at radius 2 is 2.00 bits per heavy atom. The molecular formula is C14H25N3O2. The molecule has 0 saturated carbocycles. The summed E-state index contributed by atoms with van der Waals surface area (Å²) >= 11 is 0. The molecule has 0 aromatic carbocycles. The maximum Gasteiger partial charge on any atom is 0.160 e. The lowest BCUT2D eigenvalue weighted by Gasteiger charge is -2.29. The zero-order chi connectivity index (χ0) is 14.5. The van der Waals surface area contributed by atoms with Gasteiger partial charge in [0, 0.05) is 26.8 Å². The van der Waals surface area contributed by atoms with Crippen molar-refractivity contribution in [2.24, 2.45) is 5.41 Å². The molecular weight excluding hydrogens is 242 g/mol. The van der Waals surface area contributed by atoms with Crippen molar-refractivity contribution >= 4 is 5.82 Å². The molecule has 1 unspecified atom stereocenters. The van der Waals surface area contributed by atoms with Crippen molar-refractivity contribution in [2.75, 3.05) is 26.1 Å². The maximum atomic E-state index is 5.83. The molecule has 0 fully saturated rings. The van der Waals surface area contributed by atoms with Crippen molar-refractivity contribution < 1.29 is 9.47 Å². The number of aromatic nitrogens is 2. The molecule has 5 nitrogen and oxygen atoms in total. The number of anilines is 1. The van der Waals surface area contributed by atoms with Gasteiger partial charge in [0.25, 0.3) is 0 Å². The number of nitrogens with one attached hydrogen (secondary N) is 1. The summed E-state index contributed by atoms with van der Waals surface area (Å²) in [6.45, 7) is 9.45. The lowest BCUT2D eigenvalue weighted by atomic mass is 9.88. The predicted molar refractivity (Wildman–Crippen MR) is 76.1 cm³/mol. The third-order valence-electron chi connectivity index (χ3n) is 2.70. The monoisotopic (exact) mass is 267 g/mol. The molecule has 19 heavy (non-hydrogen) atoms. The van der Waals surface area contributed by atoms with E-state index in [4.69, 9.17) is 9.47 Å². The normalized spacial score (nSPS) is 13.4. The van der Waals surface area contributed by atoms with Crippen LogP contribution in [0.25, 0.3) is 0 Å². The van der Waals surface area contributed by atoms with Crippen LogP contribution in [-0.2, 0) is 16.1 Å². The zero-order valence-electron chi connectivity index (χ0n) is 12.8. The summed E-state index contributed by atoms with van der Waals surface area (Å²) in [4.78, 5) is 9.07. The van der Waals surface area contributed by atoms with Crippen molar-refractivity contribution in [2.45, 2.75) is 40.4 Å². The summed E-state index contributed by atoms with van der Waals surface area (Å²) in [5.74, 6) is 1.49. The third kappa shape index (κ3) is 4.44. The minimum absolute atomic E-state index is 0.0628. The van der Waals surface area contributed by atoms with E-state index in [9.17, 15) is 0 Å². The van der Waals surface area contributed by atoms with Crippen LogP contribution in [0.5, 0.6) is 0 Å². The Labute approximate surface area is 115 Å². The molecule has 1 heterocycles. The molecule has 0 amide bonds. The largest absolute Gasteiger partial charge is 0.378 e. The molecule has 0 saturated heterocycles. The van der Waals surface area contributed by atoms with Crippen LogP contribution in [0.1, 0.15) is 45.3 Å². The first kappa shape index (κ1) is 15.9. The quantitative estimate of drug-likeness (QED) is 0.859. The first-order valence-corrected chi connectivity index (χ1v) is 6.58. The van der Waals surface area contributed by atoms with Gasteiger partial charge in [-0.2, -0.15) is 0 Å². The lowest BCUT2D eigenvalue weighted by molar-refractivity contribution is -0.0193. The van der Waals surface area contributed by atoms with Gasteiger partial charge in [0.15, 0.2) is 5.82 Å². The van der Waals surface area contributed by atoms with Crippen molar-refractivity contribution in [1.29, 1.82) is 0 Å². The van der Waals surface area contributed by atoms with Gasteiger partial charge in [0.05, 0.1) is 12.3 Å². The second-order valence-electron chi connectivity index (χ2n) is 5.49. The summed E-state index contributed by atoms with van der Waals surface area (Å²) in [6, 6.07) is 1.89. The summed E-state index contributed by atoms with van der Waals surface area (Å²) in [5, 5.41) is 3.05. The predicted octanol–water partition coefficient (Wildman–Crippen LogP) is 2.79. The van der Waals surface area contributed by atoms with E-state index in [1.165, 1.54) is 0 Å². The van der Waals surface area contributed by atoms with E-state index in [1.54, 1.807) is 7.11 Å². The van der Waals surface area contributed by atoms with Crippen LogP contribution in [-0.4, -0.2) is 30.7 Å². The Kier molecular flexibility index (Phi) is 5.69. The SMILES string of the molecule is CCOC(c1nc(COC)cc(NC)n1)C(C)(C)C. The molecule has 0 aliphatic rings. The van der Waals surface area contributed by atoms with E-state index in [1.807, 2.05) is 20.0 Å². The van der Waals surface area contributed by atoms with Gasteiger partial charge >= 0.3 is 0 Å². The fourth-order valence-electron chi connectivity index (χ4n) is 1.86. The van der Waals surface area contributed by atoms with Crippen molar-refractivity contribution in [3.8, 4) is 0 Å². The number of hydrogen-bond acceptors (Lipinski definition) is 5. The van der Waals surface area contributed by atoms with Gasteiger partial charge in [-0.15, -0.1) is 0 Å². The molecule has 0 aliphatic carbocycles. The average Bonchev–Trinajstić information content (AvgIpc) is 2.34. The van der Waals surface area contributed by atoms with Crippen LogP contribution in [0.15, 0.2) is 6.07 Å². The molecule has 5 heteroatoms. The van der Waals surface area contributed by atoms with Gasteiger partial charge in [-0.05, 0) is 12.3 Å². The van der Waals surface area contributed by atoms with Crippen LogP contribution in [0.2, 0.25) is 0 Å². The van der Waals surface area contributed by atoms with Crippen LogP contribution in [0, 0.1) is 5.41 Å².